The van der Waals surface area contributed by atoms with Crippen LogP contribution in [0.5, 0.6) is 0 Å². The summed E-state index contributed by atoms with van der Waals surface area (Å²) in [5.41, 5.74) is 1.18. The van der Waals surface area contributed by atoms with Crippen LogP contribution in [0.15, 0.2) is 57.9 Å². The van der Waals surface area contributed by atoms with E-state index < -0.39 is 10.0 Å². The van der Waals surface area contributed by atoms with Gasteiger partial charge in [-0.15, -0.1) is 0 Å². The summed E-state index contributed by atoms with van der Waals surface area (Å²) in [6, 6.07) is 13.2. The average Bonchev–Trinajstić information content (AvgIpc) is 2.39. The molecular weight excluding hydrogens is 330 g/mol. The number of rotatable bonds is 4. The van der Waals surface area contributed by atoms with Gasteiger partial charge in [0.15, 0.2) is 0 Å². The van der Waals surface area contributed by atoms with Crippen molar-refractivity contribution >= 4 is 31.6 Å². The molecule has 0 unspecified atom stereocenters. The largest absolute Gasteiger partial charge is 0.392 e. The minimum absolute atomic E-state index is 0.0722. The van der Waals surface area contributed by atoms with E-state index >= 15 is 0 Å². The van der Waals surface area contributed by atoms with Crippen molar-refractivity contribution in [2.24, 2.45) is 0 Å². The second-order valence-corrected chi connectivity index (χ2v) is 6.40. The van der Waals surface area contributed by atoms with Crippen LogP contribution in [0.1, 0.15) is 5.56 Å². The molecule has 4 nitrogen and oxygen atoms in total. The van der Waals surface area contributed by atoms with Gasteiger partial charge in [0, 0.05) is 10.2 Å². The maximum atomic E-state index is 12.2. The third-order valence-electron chi connectivity index (χ3n) is 2.51. The van der Waals surface area contributed by atoms with Crippen LogP contribution < -0.4 is 4.72 Å². The highest BCUT2D eigenvalue weighted by atomic mass is 79.9. The Bertz CT molecular complexity index is 669. The number of benzene rings is 2. The standard InChI is InChI=1S/C13H12BrNO3S/c14-12-3-1-2-4-13(12)19(17,18)15-11-7-5-10(9-16)6-8-11/h1-8,15-16H,9H2. The van der Waals surface area contributed by atoms with E-state index in [-0.39, 0.29) is 11.5 Å². The lowest BCUT2D eigenvalue weighted by Crippen LogP contribution is -2.13. The lowest BCUT2D eigenvalue weighted by atomic mass is 10.2. The summed E-state index contributed by atoms with van der Waals surface area (Å²) in [6.07, 6.45) is 0. The normalized spacial score (nSPS) is 11.3. The fraction of sp³-hybridized carbons (Fsp3) is 0.0769. The van der Waals surface area contributed by atoms with Crippen LogP contribution in [0.2, 0.25) is 0 Å². The SMILES string of the molecule is O=S(=O)(Nc1ccc(CO)cc1)c1ccccc1Br. The van der Waals surface area contributed by atoms with Gasteiger partial charge in [0.1, 0.15) is 4.90 Å². The first-order valence-corrected chi connectivity index (χ1v) is 7.78. The van der Waals surface area contributed by atoms with E-state index in [1.807, 2.05) is 0 Å². The number of nitrogens with one attached hydrogen (secondary N) is 1. The average molecular weight is 342 g/mol. The molecule has 0 aliphatic carbocycles. The third-order valence-corrected chi connectivity index (χ3v) is 4.91. The Labute approximate surface area is 120 Å². The molecule has 6 heteroatoms. The lowest BCUT2D eigenvalue weighted by Gasteiger charge is -2.09. The predicted molar refractivity (Wildman–Crippen MR) is 77.3 cm³/mol. The van der Waals surface area contributed by atoms with Crippen LogP contribution in [0.3, 0.4) is 0 Å². The van der Waals surface area contributed by atoms with Gasteiger partial charge in [-0.05, 0) is 45.8 Å². The fourth-order valence-electron chi connectivity index (χ4n) is 1.55. The topological polar surface area (TPSA) is 66.4 Å². The van der Waals surface area contributed by atoms with Gasteiger partial charge in [-0.25, -0.2) is 8.42 Å². The number of halogens is 1. The molecular formula is C13H12BrNO3S. The summed E-state index contributed by atoms with van der Waals surface area (Å²) in [5.74, 6) is 0. The third kappa shape index (κ3) is 3.34. The van der Waals surface area contributed by atoms with Crippen molar-refractivity contribution in [1.82, 2.24) is 0 Å². The minimum Gasteiger partial charge on any atom is -0.392 e. The molecule has 2 aromatic rings. The molecule has 0 radical (unpaired) electrons. The maximum absolute atomic E-state index is 12.2. The van der Waals surface area contributed by atoms with Gasteiger partial charge in [-0.2, -0.15) is 0 Å². The van der Waals surface area contributed by atoms with E-state index in [1.165, 1.54) is 6.07 Å². The zero-order valence-electron chi connectivity index (χ0n) is 9.88. The fourth-order valence-corrected chi connectivity index (χ4v) is 3.61. The summed E-state index contributed by atoms with van der Waals surface area (Å²) in [6.45, 7) is -0.0722. The summed E-state index contributed by atoms with van der Waals surface area (Å²) < 4.78 is 27.4. The van der Waals surface area contributed by atoms with Crippen molar-refractivity contribution in [1.29, 1.82) is 0 Å². The molecule has 0 amide bonds. The summed E-state index contributed by atoms with van der Waals surface area (Å²) in [5, 5.41) is 8.93. The molecule has 0 saturated carbocycles. The molecule has 2 aromatic carbocycles. The lowest BCUT2D eigenvalue weighted by molar-refractivity contribution is 0.282. The van der Waals surface area contributed by atoms with Gasteiger partial charge in [0.25, 0.3) is 10.0 Å². The second kappa shape index (κ2) is 5.73. The number of anilines is 1. The van der Waals surface area contributed by atoms with Crippen LogP contribution in [-0.2, 0) is 16.6 Å². The highest BCUT2D eigenvalue weighted by Gasteiger charge is 2.16. The van der Waals surface area contributed by atoms with E-state index in [2.05, 4.69) is 20.7 Å². The number of aliphatic hydroxyl groups excluding tert-OH is 1. The van der Waals surface area contributed by atoms with Crippen LogP contribution in [0.25, 0.3) is 0 Å². The molecule has 0 aliphatic heterocycles. The van der Waals surface area contributed by atoms with Crippen molar-refractivity contribution in [3.8, 4) is 0 Å². The van der Waals surface area contributed by atoms with E-state index in [4.69, 9.17) is 5.11 Å². The first-order valence-electron chi connectivity index (χ1n) is 5.50. The Morgan fingerprint density at radius 2 is 1.68 bits per heavy atom. The van der Waals surface area contributed by atoms with Gasteiger partial charge in [-0.3, -0.25) is 4.72 Å². The number of hydrogen-bond donors (Lipinski definition) is 2. The minimum atomic E-state index is -3.62. The van der Waals surface area contributed by atoms with Crippen molar-refractivity contribution in [3.63, 3.8) is 0 Å². The zero-order chi connectivity index (χ0) is 13.9. The molecule has 19 heavy (non-hydrogen) atoms. The molecule has 100 valence electrons. The Hall–Kier alpha value is -1.37. The molecule has 0 spiro atoms. The predicted octanol–water partition coefficient (Wildman–Crippen LogP) is 2.74. The van der Waals surface area contributed by atoms with E-state index in [0.717, 1.165) is 5.56 Å². The highest BCUT2D eigenvalue weighted by molar-refractivity contribution is 9.10. The summed E-state index contributed by atoms with van der Waals surface area (Å²) in [7, 11) is -3.62. The van der Waals surface area contributed by atoms with E-state index in [9.17, 15) is 8.42 Å². The second-order valence-electron chi connectivity index (χ2n) is 3.89. The molecule has 0 fully saturated rings. The van der Waals surface area contributed by atoms with Gasteiger partial charge in [0.05, 0.1) is 6.61 Å². The van der Waals surface area contributed by atoms with Crippen molar-refractivity contribution in [3.05, 3.63) is 58.6 Å². The quantitative estimate of drug-likeness (QED) is 0.898. The Kier molecular flexibility index (Phi) is 4.24. The molecule has 0 bridgehead atoms. The molecule has 2 N–H and O–H groups in total. The van der Waals surface area contributed by atoms with Crippen LogP contribution >= 0.6 is 15.9 Å². The number of aliphatic hydroxyl groups is 1. The van der Waals surface area contributed by atoms with E-state index in [0.29, 0.717) is 10.2 Å². The molecule has 0 aromatic heterocycles. The van der Waals surface area contributed by atoms with E-state index in [1.54, 1.807) is 42.5 Å². The first-order chi connectivity index (χ1) is 9.03. The van der Waals surface area contributed by atoms with Gasteiger partial charge >= 0.3 is 0 Å². The molecule has 0 atom stereocenters. The van der Waals surface area contributed by atoms with Crippen LogP contribution in [0.4, 0.5) is 5.69 Å². The molecule has 0 aliphatic rings. The molecule has 2 rings (SSSR count). The Balaban J connectivity index is 2.28. The highest BCUT2D eigenvalue weighted by Crippen LogP contribution is 2.23. The molecule has 0 heterocycles. The van der Waals surface area contributed by atoms with Crippen LogP contribution in [-0.4, -0.2) is 13.5 Å². The van der Waals surface area contributed by atoms with Gasteiger partial charge in [0.2, 0.25) is 0 Å². The summed E-state index contributed by atoms with van der Waals surface area (Å²) in [4.78, 5) is 0.182. The Morgan fingerprint density at radius 1 is 1.05 bits per heavy atom. The zero-order valence-corrected chi connectivity index (χ0v) is 12.3. The van der Waals surface area contributed by atoms with Crippen molar-refractivity contribution < 1.29 is 13.5 Å². The first kappa shape index (κ1) is 14.0. The number of hydrogen-bond acceptors (Lipinski definition) is 3. The maximum Gasteiger partial charge on any atom is 0.263 e. The van der Waals surface area contributed by atoms with Gasteiger partial charge in [-0.1, -0.05) is 24.3 Å². The van der Waals surface area contributed by atoms with Crippen molar-refractivity contribution in [2.45, 2.75) is 11.5 Å². The Morgan fingerprint density at radius 3 is 2.26 bits per heavy atom. The smallest absolute Gasteiger partial charge is 0.263 e. The van der Waals surface area contributed by atoms with Gasteiger partial charge < -0.3 is 5.11 Å². The van der Waals surface area contributed by atoms with Crippen molar-refractivity contribution in [2.75, 3.05) is 4.72 Å². The number of sulfonamides is 1. The molecule has 0 saturated heterocycles. The monoisotopic (exact) mass is 341 g/mol. The van der Waals surface area contributed by atoms with Crippen LogP contribution in [0, 0.1) is 0 Å². The summed E-state index contributed by atoms with van der Waals surface area (Å²) >= 11 is 3.22.